The molecule has 0 amide bonds. The lowest BCUT2D eigenvalue weighted by atomic mass is 10.1. The summed E-state index contributed by atoms with van der Waals surface area (Å²) in [5, 5.41) is 9.51. The summed E-state index contributed by atoms with van der Waals surface area (Å²) in [6.07, 6.45) is 0. The number of hydrogen-bond donors (Lipinski definition) is 1. The molecule has 5 nitrogen and oxygen atoms in total. The SMILES string of the molecule is O=c1[nH]c2ccccc2cc1-c1nnc(-c2ccc(Cl)cc2)o1. The molecule has 2 aromatic heterocycles. The molecular weight excluding hydrogens is 314 g/mol. The fourth-order valence-electron chi connectivity index (χ4n) is 2.35. The first-order valence-corrected chi connectivity index (χ1v) is 7.30. The van der Waals surface area contributed by atoms with Gasteiger partial charge in [0.2, 0.25) is 5.89 Å². The van der Waals surface area contributed by atoms with Crippen LogP contribution in [0.1, 0.15) is 0 Å². The predicted octanol–water partition coefficient (Wildman–Crippen LogP) is 3.90. The molecule has 0 atom stereocenters. The van der Waals surface area contributed by atoms with E-state index >= 15 is 0 Å². The third kappa shape index (κ3) is 2.51. The van der Waals surface area contributed by atoms with Crippen molar-refractivity contribution in [2.75, 3.05) is 0 Å². The monoisotopic (exact) mass is 323 g/mol. The molecule has 4 rings (SSSR count). The molecule has 0 radical (unpaired) electrons. The van der Waals surface area contributed by atoms with Gasteiger partial charge in [0.25, 0.3) is 11.4 Å². The number of para-hydroxylation sites is 1. The summed E-state index contributed by atoms with van der Waals surface area (Å²) in [6.45, 7) is 0. The van der Waals surface area contributed by atoms with Crippen molar-refractivity contribution in [1.29, 1.82) is 0 Å². The maximum atomic E-state index is 12.2. The number of pyridine rings is 1. The number of benzene rings is 2. The molecule has 0 aliphatic rings. The smallest absolute Gasteiger partial charge is 0.261 e. The molecule has 0 bridgehead atoms. The highest BCUT2D eigenvalue weighted by Crippen LogP contribution is 2.24. The van der Waals surface area contributed by atoms with Crippen molar-refractivity contribution in [3.8, 4) is 22.9 Å². The topological polar surface area (TPSA) is 71.8 Å². The molecule has 2 heterocycles. The first kappa shape index (κ1) is 13.7. The largest absolute Gasteiger partial charge is 0.416 e. The van der Waals surface area contributed by atoms with Gasteiger partial charge in [-0.3, -0.25) is 4.79 Å². The average molecular weight is 324 g/mol. The molecule has 0 aliphatic heterocycles. The Balaban J connectivity index is 1.81. The van der Waals surface area contributed by atoms with E-state index < -0.39 is 0 Å². The van der Waals surface area contributed by atoms with Crippen LogP contribution in [0.15, 0.2) is 63.8 Å². The Kier molecular flexibility index (Phi) is 3.20. The van der Waals surface area contributed by atoms with Crippen molar-refractivity contribution in [2.45, 2.75) is 0 Å². The zero-order chi connectivity index (χ0) is 15.8. The van der Waals surface area contributed by atoms with E-state index in [1.54, 1.807) is 30.3 Å². The summed E-state index contributed by atoms with van der Waals surface area (Å²) < 4.78 is 5.64. The molecule has 1 N–H and O–H groups in total. The normalized spacial score (nSPS) is 11.0. The number of halogens is 1. The third-order valence-electron chi connectivity index (χ3n) is 3.50. The lowest BCUT2D eigenvalue weighted by molar-refractivity contribution is 0.584. The minimum absolute atomic E-state index is 0.182. The minimum Gasteiger partial charge on any atom is -0.416 e. The van der Waals surface area contributed by atoms with Crippen LogP contribution in [0.2, 0.25) is 5.02 Å². The number of aromatic amines is 1. The van der Waals surface area contributed by atoms with Crippen molar-refractivity contribution in [3.05, 3.63) is 70.0 Å². The molecule has 0 saturated heterocycles. The summed E-state index contributed by atoms with van der Waals surface area (Å²) in [7, 11) is 0. The van der Waals surface area contributed by atoms with Crippen LogP contribution in [0.5, 0.6) is 0 Å². The Hall–Kier alpha value is -2.92. The second-order valence-electron chi connectivity index (χ2n) is 5.02. The summed E-state index contributed by atoms with van der Waals surface area (Å²) >= 11 is 5.86. The second-order valence-corrected chi connectivity index (χ2v) is 5.46. The van der Waals surface area contributed by atoms with Crippen LogP contribution in [-0.4, -0.2) is 15.2 Å². The highest BCUT2D eigenvalue weighted by Gasteiger charge is 2.14. The van der Waals surface area contributed by atoms with Crippen LogP contribution in [0, 0.1) is 0 Å². The first-order valence-electron chi connectivity index (χ1n) is 6.92. The van der Waals surface area contributed by atoms with Crippen molar-refractivity contribution in [1.82, 2.24) is 15.2 Å². The number of H-pyrrole nitrogens is 1. The summed E-state index contributed by atoms with van der Waals surface area (Å²) in [6, 6.07) is 16.3. The number of aromatic nitrogens is 3. The van der Waals surface area contributed by atoms with Crippen LogP contribution < -0.4 is 5.56 Å². The Labute approximate surface area is 135 Å². The van der Waals surface area contributed by atoms with Gasteiger partial charge in [0, 0.05) is 16.1 Å². The van der Waals surface area contributed by atoms with Gasteiger partial charge in [-0.2, -0.15) is 0 Å². The van der Waals surface area contributed by atoms with E-state index in [-0.39, 0.29) is 11.4 Å². The fourth-order valence-corrected chi connectivity index (χ4v) is 2.47. The number of nitrogens with zero attached hydrogens (tertiary/aromatic N) is 2. The van der Waals surface area contributed by atoms with E-state index in [1.807, 2.05) is 24.3 Å². The number of nitrogens with one attached hydrogen (secondary N) is 1. The van der Waals surface area contributed by atoms with E-state index in [2.05, 4.69) is 15.2 Å². The van der Waals surface area contributed by atoms with Crippen molar-refractivity contribution < 1.29 is 4.42 Å². The maximum Gasteiger partial charge on any atom is 0.261 e. The maximum absolute atomic E-state index is 12.2. The van der Waals surface area contributed by atoms with Crippen molar-refractivity contribution >= 4 is 22.5 Å². The standard InChI is InChI=1S/C17H10ClN3O2/c18-12-7-5-10(6-8-12)16-20-21-17(23-16)13-9-11-3-1-2-4-14(11)19-15(13)22/h1-9H,(H,19,22). The summed E-state index contributed by atoms with van der Waals surface area (Å²) in [5.74, 6) is 0.520. The number of rotatable bonds is 2. The second kappa shape index (κ2) is 5.37. The number of fused-ring (bicyclic) bond motifs is 1. The molecular formula is C17H10ClN3O2. The van der Waals surface area contributed by atoms with Crippen LogP contribution in [0.3, 0.4) is 0 Å². The highest BCUT2D eigenvalue weighted by atomic mass is 35.5. The van der Waals surface area contributed by atoms with Crippen LogP contribution >= 0.6 is 11.6 Å². The molecule has 2 aromatic carbocycles. The number of hydrogen-bond acceptors (Lipinski definition) is 4. The average Bonchev–Trinajstić information content (AvgIpc) is 3.04. The van der Waals surface area contributed by atoms with E-state index in [0.717, 1.165) is 16.5 Å². The van der Waals surface area contributed by atoms with Gasteiger partial charge in [0.05, 0.1) is 0 Å². The fraction of sp³-hybridized carbons (Fsp3) is 0. The molecule has 6 heteroatoms. The third-order valence-corrected chi connectivity index (χ3v) is 3.75. The van der Waals surface area contributed by atoms with Gasteiger partial charge in [0.1, 0.15) is 5.56 Å². The van der Waals surface area contributed by atoms with Crippen LogP contribution in [-0.2, 0) is 0 Å². The van der Waals surface area contributed by atoms with Crippen LogP contribution in [0.25, 0.3) is 33.8 Å². The van der Waals surface area contributed by atoms with Crippen molar-refractivity contribution in [3.63, 3.8) is 0 Å². The van der Waals surface area contributed by atoms with Gasteiger partial charge in [-0.05, 0) is 41.8 Å². The summed E-state index contributed by atoms with van der Waals surface area (Å²) in [5.41, 5.74) is 1.58. The van der Waals surface area contributed by atoms with Crippen molar-refractivity contribution in [2.24, 2.45) is 0 Å². The van der Waals surface area contributed by atoms with E-state index in [9.17, 15) is 4.79 Å². The Morgan fingerprint density at radius 1 is 0.957 bits per heavy atom. The Bertz CT molecular complexity index is 1050. The minimum atomic E-state index is -0.269. The quantitative estimate of drug-likeness (QED) is 0.607. The van der Waals surface area contributed by atoms with Gasteiger partial charge in [-0.25, -0.2) is 0 Å². The van der Waals surface area contributed by atoms with Crippen LogP contribution in [0.4, 0.5) is 0 Å². The molecule has 0 spiro atoms. The van der Waals surface area contributed by atoms with Gasteiger partial charge < -0.3 is 9.40 Å². The summed E-state index contributed by atoms with van der Waals surface area (Å²) in [4.78, 5) is 15.0. The Morgan fingerprint density at radius 2 is 1.70 bits per heavy atom. The first-order chi connectivity index (χ1) is 11.2. The van der Waals surface area contributed by atoms with Gasteiger partial charge in [-0.15, -0.1) is 10.2 Å². The lowest BCUT2D eigenvalue weighted by Gasteiger charge is -1.99. The van der Waals surface area contributed by atoms with Gasteiger partial charge in [-0.1, -0.05) is 29.8 Å². The molecule has 112 valence electrons. The highest BCUT2D eigenvalue weighted by molar-refractivity contribution is 6.30. The molecule has 4 aromatic rings. The zero-order valence-corrected chi connectivity index (χ0v) is 12.5. The lowest BCUT2D eigenvalue weighted by Crippen LogP contribution is -2.08. The molecule has 0 unspecified atom stereocenters. The zero-order valence-electron chi connectivity index (χ0n) is 11.8. The molecule has 0 fully saturated rings. The van der Waals surface area contributed by atoms with E-state index in [0.29, 0.717) is 16.5 Å². The van der Waals surface area contributed by atoms with Gasteiger partial charge >= 0.3 is 0 Å². The van der Waals surface area contributed by atoms with E-state index in [4.69, 9.17) is 16.0 Å². The molecule has 23 heavy (non-hydrogen) atoms. The van der Waals surface area contributed by atoms with E-state index in [1.165, 1.54) is 0 Å². The van der Waals surface area contributed by atoms with Gasteiger partial charge in [0.15, 0.2) is 0 Å². The predicted molar refractivity (Wildman–Crippen MR) is 88.3 cm³/mol. The molecule has 0 saturated carbocycles. The molecule has 0 aliphatic carbocycles. The Morgan fingerprint density at radius 3 is 2.52 bits per heavy atom.